The molecule has 0 atom stereocenters. The maximum atomic E-state index is 12.4. The van der Waals surface area contributed by atoms with E-state index >= 15 is 0 Å². The van der Waals surface area contributed by atoms with E-state index in [4.69, 9.17) is 0 Å². The van der Waals surface area contributed by atoms with Gasteiger partial charge in [-0.15, -0.1) is 0 Å². The number of hydrogen-bond donors (Lipinski definition) is 1. The monoisotopic (exact) mass is 339 g/mol. The smallest absolute Gasteiger partial charge is 0.270 e. The van der Waals surface area contributed by atoms with Gasteiger partial charge in [0.15, 0.2) is 0 Å². The van der Waals surface area contributed by atoms with Crippen molar-refractivity contribution in [2.24, 2.45) is 0 Å². The highest BCUT2D eigenvalue weighted by Crippen LogP contribution is 2.25. The molecule has 1 aliphatic heterocycles. The number of non-ortho nitro benzene ring substituents is 1. The maximum absolute atomic E-state index is 12.4. The fraction of sp³-hybridized carbons (Fsp3) is 0.118. The predicted octanol–water partition coefficient (Wildman–Crippen LogP) is 2.38. The molecule has 1 N–H and O–H groups in total. The Morgan fingerprint density at radius 2 is 1.76 bits per heavy atom. The number of aryl methyl sites for hydroxylation is 1. The molecule has 0 saturated carbocycles. The van der Waals surface area contributed by atoms with E-state index in [0.29, 0.717) is 11.3 Å². The topological polar surface area (TPSA) is 110 Å². The van der Waals surface area contributed by atoms with Crippen LogP contribution in [0.15, 0.2) is 36.4 Å². The number of imide groups is 1. The number of nitro benzene ring substituents is 1. The highest BCUT2D eigenvalue weighted by atomic mass is 16.6. The lowest BCUT2D eigenvalue weighted by Gasteiger charge is -2.08. The lowest BCUT2D eigenvalue weighted by atomic mass is 10.1. The summed E-state index contributed by atoms with van der Waals surface area (Å²) in [5.74, 6) is -1.37. The summed E-state index contributed by atoms with van der Waals surface area (Å²) in [5.41, 5.74) is 1.36. The van der Waals surface area contributed by atoms with E-state index < -0.39 is 22.6 Å². The van der Waals surface area contributed by atoms with Crippen LogP contribution < -0.4 is 5.32 Å². The van der Waals surface area contributed by atoms with Crippen LogP contribution >= 0.6 is 0 Å². The van der Waals surface area contributed by atoms with Gasteiger partial charge in [0.25, 0.3) is 23.4 Å². The van der Waals surface area contributed by atoms with Gasteiger partial charge in [0, 0.05) is 30.4 Å². The average molecular weight is 339 g/mol. The van der Waals surface area contributed by atoms with Crippen molar-refractivity contribution >= 4 is 29.1 Å². The van der Waals surface area contributed by atoms with Gasteiger partial charge in [-0.05, 0) is 30.7 Å². The minimum Gasteiger partial charge on any atom is -0.322 e. The zero-order valence-corrected chi connectivity index (χ0v) is 13.4. The molecule has 8 heteroatoms. The molecule has 0 fully saturated rings. The zero-order valence-electron chi connectivity index (χ0n) is 13.4. The third kappa shape index (κ3) is 2.74. The van der Waals surface area contributed by atoms with Crippen LogP contribution in [-0.4, -0.2) is 34.6 Å². The number of nitro groups is 1. The first kappa shape index (κ1) is 16.3. The molecule has 126 valence electrons. The molecule has 3 rings (SSSR count). The summed E-state index contributed by atoms with van der Waals surface area (Å²) in [5, 5.41) is 13.5. The Morgan fingerprint density at radius 3 is 2.44 bits per heavy atom. The summed E-state index contributed by atoms with van der Waals surface area (Å²) in [7, 11) is 1.38. The summed E-state index contributed by atoms with van der Waals surface area (Å²) >= 11 is 0. The number of fused-ring (bicyclic) bond motifs is 1. The lowest BCUT2D eigenvalue weighted by Crippen LogP contribution is -2.24. The largest absolute Gasteiger partial charge is 0.322 e. The Morgan fingerprint density at radius 1 is 1.08 bits per heavy atom. The van der Waals surface area contributed by atoms with Crippen LogP contribution in [-0.2, 0) is 0 Å². The van der Waals surface area contributed by atoms with Crippen molar-refractivity contribution in [2.45, 2.75) is 6.92 Å². The molecule has 1 aliphatic rings. The number of carbonyl (C=O) groups excluding carboxylic acids is 3. The lowest BCUT2D eigenvalue weighted by molar-refractivity contribution is -0.384. The van der Waals surface area contributed by atoms with Crippen LogP contribution in [0.1, 0.15) is 36.6 Å². The number of hydrogen-bond acceptors (Lipinski definition) is 5. The van der Waals surface area contributed by atoms with Gasteiger partial charge in [-0.3, -0.25) is 29.4 Å². The van der Waals surface area contributed by atoms with Crippen LogP contribution in [0, 0.1) is 17.0 Å². The van der Waals surface area contributed by atoms with Gasteiger partial charge >= 0.3 is 0 Å². The number of rotatable bonds is 3. The number of benzene rings is 2. The van der Waals surface area contributed by atoms with Crippen LogP contribution in [0.4, 0.5) is 11.4 Å². The molecule has 0 saturated heterocycles. The molecule has 8 nitrogen and oxygen atoms in total. The Bertz CT molecular complexity index is 951. The van der Waals surface area contributed by atoms with Crippen molar-refractivity contribution in [3.05, 3.63) is 68.8 Å². The van der Waals surface area contributed by atoms with Crippen LogP contribution in [0.2, 0.25) is 0 Å². The average Bonchev–Trinajstić information content (AvgIpc) is 2.79. The van der Waals surface area contributed by atoms with Crippen LogP contribution in [0.25, 0.3) is 0 Å². The molecular formula is C17H13N3O5. The second kappa shape index (κ2) is 5.82. The van der Waals surface area contributed by atoms with Gasteiger partial charge in [0.2, 0.25) is 0 Å². The highest BCUT2D eigenvalue weighted by Gasteiger charge is 2.32. The van der Waals surface area contributed by atoms with Gasteiger partial charge in [-0.2, -0.15) is 0 Å². The molecule has 0 aromatic heterocycles. The van der Waals surface area contributed by atoms with Crippen LogP contribution in [0.5, 0.6) is 0 Å². The van der Waals surface area contributed by atoms with E-state index in [9.17, 15) is 24.5 Å². The number of nitrogens with zero attached hydrogens (tertiary/aromatic N) is 2. The molecule has 2 aromatic carbocycles. The summed E-state index contributed by atoms with van der Waals surface area (Å²) in [4.78, 5) is 47.6. The SMILES string of the molecule is Cc1ccc([N+](=O)[O-])cc1C(=O)Nc1ccc2c(c1)C(=O)N(C)C2=O. The first-order valence-electron chi connectivity index (χ1n) is 7.32. The first-order valence-corrected chi connectivity index (χ1v) is 7.32. The van der Waals surface area contributed by atoms with E-state index in [2.05, 4.69) is 5.32 Å². The molecule has 0 bridgehead atoms. The van der Waals surface area contributed by atoms with Gasteiger partial charge < -0.3 is 5.32 Å². The van der Waals surface area contributed by atoms with Gasteiger partial charge in [-0.1, -0.05) is 6.07 Å². The second-order valence-corrected chi connectivity index (χ2v) is 5.64. The molecule has 0 spiro atoms. The minimum atomic E-state index is -0.578. The normalized spacial score (nSPS) is 13.0. The fourth-order valence-electron chi connectivity index (χ4n) is 2.61. The van der Waals surface area contributed by atoms with E-state index in [0.717, 1.165) is 4.90 Å². The molecular weight excluding hydrogens is 326 g/mol. The molecule has 0 aliphatic carbocycles. The van der Waals surface area contributed by atoms with Crippen molar-refractivity contribution in [2.75, 3.05) is 12.4 Å². The molecule has 2 aromatic rings. The zero-order chi connectivity index (χ0) is 18.3. The summed E-state index contributed by atoms with van der Waals surface area (Å²) in [6.07, 6.45) is 0. The third-order valence-corrected chi connectivity index (χ3v) is 4.02. The molecule has 25 heavy (non-hydrogen) atoms. The van der Waals surface area contributed by atoms with E-state index in [-0.39, 0.29) is 22.4 Å². The van der Waals surface area contributed by atoms with Crippen molar-refractivity contribution < 1.29 is 19.3 Å². The molecule has 0 unspecified atom stereocenters. The van der Waals surface area contributed by atoms with E-state index in [1.807, 2.05) is 0 Å². The quantitative estimate of drug-likeness (QED) is 0.524. The highest BCUT2D eigenvalue weighted by molar-refractivity contribution is 6.21. The second-order valence-electron chi connectivity index (χ2n) is 5.64. The Labute approximate surface area is 142 Å². The molecule has 0 radical (unpaired) electrons. The van der Waals surface area contributed by atoms with Gasteiger partial charge in [-0.25, -0.2) is 0 Å². The Kier molecular flexibility index (Phi) is 3.80. The van der Waals surface area contributed by atoms with Gasteiger partial charge in [0.1, 0.15) is 0 Å². The molecule has 1 heterocycles. The van der Waals surface area contributed by atoms with E-state index in [1.54, 1.807) is 6.92 Å². The number of anilines is 1. The maximum Gasteiger partial charge on any atom is 0.270 e. The summed E-state index contributed by atoms with van der Waals surface area (Å²) in [6.45, 7) is 1.67. The Hall–Kier alpha value is -3.55. The number of amides is 3. The standard InChI is InChI=1S/C17H13N3O5/c1-9-3-5-11(20(24)25)8-13(9)15(21)18-10-4-6-12-14(7-10)17(23)19(2)16(12)22/h3-8H,1-2H3,(H,18,21). The van der Waals surface area contributed by atoms with Crippen molar-refractivity contribution in [1.29, 1.82) is 0 Å². The summed E-state index contributed by atoms with van der Waals surface area (Å²) in [6, 6.07) is 8.40. The van der Waals surface area contributed by atoms with Crippen LogP contribution in [0.3, 0.4) is 0 Å². The number of carbonyl (C=O) groups is 3. The number of nitrogens with one attached hydrogen (secondary N) is 1. The fourth-order valence-corrected chi connectivity index (χ4v) is 2.61. The third-order valence-electron chi connectivity index (χ3n) is 4.02. The predicted molar refractivity (Wildman–Crippen MR) is 88.7 cm³/mol. The summed E-state index contributed by atoms with van der Waals surface area (Å²) < 4.78 is 0. The molecule has 3 amide bonds. The van der Waals surface area contributed by atoms with Crippen molar-refractivity contribution in [1.82, 2.24) is 4.90 Å². The Balaban J connectivity index is 1.91. The first-order chi connectivity index (χ1) is 11.8. The van der Waals surface area contributed by atoms with E-state index in [1.165, 1.54) is 43.4 Å². The van der Waals surface area contributed by atoms with Gasteiger partial charge in [0.05, 0.1) is 16.1 Å². The van der Waals surface area contributed by atoms with Crippen molar-refractivity contribution in [3.63, 3.8) is 0 Å². The minimum absolute atomic E-state index is 0.161. The van der Waals surface area contributed by atoms with Crippen molar-refractivity contribution in [3.8, 4) is 0 Å².